The first-order valence-electron chi connectivity index (χ1n) is 5.65. The molecule has 0 aromatic heterocycles. The zero-order valence-corrected chi connectivity index (χ0v) is 10.4. The Kier molecular flexibility index (Phi) is 3.20. The van der Waals surface area contributed by atoms with Crippen LogP contribution >= 0.6 is 11.6 Å². The van der Waals surface area contributed by atoms with Crippen LogP contribution in [0.25, 0.3) is 0 Å². The van der Waals surface area contributed by atoms with Crippen molar-refractivity contribution in [2.75, 3.05) is 0 Å². The topological polar surface area (TPSA) is 49.7 Å². The minimum absolute atomic E-state index is 0.520. The van der Waals surface area contributed by atoms with Gasteiger partial charge in [-0.25, -0.2) is 4.79 Å². The second-order valence-corrected chi connectivity index (χ2v) is 4.70. The third-order valence-corrected chi connectivity index (χ3v) is 3.50. The number of rotatable bonds is 3. The Morgan fingerprint density at radius 3 is 2.88 bits per heavy atom. The summed E-state index contributed by atoms with van der Waals surface area (Å²) in [6, 6.07) is 7.39. The number of carboxylic acid groups (broad SMARTS) is 1. The summed E-state index contributed by atoms with van der Waals surface area (Å²) in [5, 5.41) is 9.90. The Morgan fingerprint density at radius 2 is 2.35 bits per heavy atom. The van der Waals surface area contributed by atoms with Crippen molar-refractivity contribution < 1.29 is 9.90 Å². The lowest BCUT2D eigenvalue weighted by atomic mass is 9.94. The second-order valence-electron chi connectivity index (χ2n) is 4.26. The molecule has 1 heterocycles. The van der Waals surface area contributed by atoms with Crippen LogP contribution in [0.15, 0.2) is 29.3 Å². The van der Waals surface area contributed by atoms with Crippen molar-refractivity contribution in [1.82, 2.24) is 0 Å². The van der Waals surface area contributed by atoms with Crippen LogP contribution in [0.4, 0.5) is 0 Å². The van der Waals surface area contributed by atoms with Gasteiger partial charge in [-0.05, 0) is 37.0 Å². The van der Waals surface area contributed by atoms with E-state index in [1.807, 2.05) is 25.1 Å². The van der Waals surface area contributed by atoms with E-state index >= 15 is 0 Å². The maximum atomic E-state index is 11.3. The maximum Gasteiger partial charge on any atom is 0.331 e. The van der Waals surface area contributed by atoms with Crippen LogP contribution in [0.1, 0.15) is 31.7 Å². The summed E-state index contributed by atoms with van der Waals surface area (Å²) >= 11 is 5.92. The summed E-state index contributed by atoms with van der Waals surface area (Å²) in [5.41, 5.74) is 0.836. The lowest BCUT2D eigenvalue weighted by molar-refractivity contribution is -0.143. The summed E-state index contributed by atoms with van der Waals surface area (Å²) in [7, 11) is 0. The fourth-order valence-electron chi connectivity index (χ4n) is 2.13. The standard InChI is InChI=1S/C13H14ClNO2/c1-2-13(12(16)17)7-6-11(15-13)9-4-3-5-10(14)8-9/h3-5,8H,2,6-7H2,1H3,(H,16,17)/t13-/m1/s1. The highest BCUT2D eigenvalue weighted by Gasteiger charge is 2.40. The van der Waals surface area contributed by atoms with Crippen molar-refractivity contribution in [2.45, 2.75) is 31.7 Å². The molecule has 0 radical (unpaired) electrons. The third-order valence-electron chi connectivity index (χ3n) is 3.27. The van der Waals surface area contributed by atoms with Gasteiger partial charge >= 0.3 is 5.97 Å². The fraction of sp³-hybridized carbons (Fsp3) is 0.385. The number of hydrogen-bond acceptors (Lipinski definition) is 2. The molecule has 1 atom stereocenters. The summed E-state index contributed by atoms with van der Waals surface area (Å²) in [6.07, 6.45) is 1.79. The second kappa shape index (κ2) is 4.49. The molecule has 1 aromatic rings. The van der Waals surface area contributed by atoms with Gasteiger partial charge in [0.25, 0.3) is 0 Å². The van der Waals surface area contributed by atoms with Crippen LogP contribution < -0.4 is 0 Å². The Bertz CT molecular complexity index is 484. The van der Waals surface area contributed by atoms with Crippen molar-refractivity contribution in [3.05, 3.63) is 34.9 Å². The SMILES string of the molecule is CC[C@]1(C(=O)O)CCC(c2cccc(Cl)c2)=N1. The number of aliphatic carboxylic acids is 1. The number of carbonyl (C=O) groups is 1. The summed E-state index contributed by atoms with van der Waals surface area (Å²) in [4.78, 5) is 15.7. The summed E-state index contributed by atoms with van der Waals surface area (Å²) in [6.45, 7) is 1.86. The molecule has 1 aliphatic rings. The predicted octanol–water partition coefficient (Wildman–Crippen LogP) is 3.16. The van der Waals surface area contributed by atoms with Crippen LogP contribution in [-0.2, 0) is 4.79 Å². The summed E-state index contributed by atoms with van der Waals surface area (Å²) < 4.78 is 0. The Balaban J connectivity index is 2.36. The smallest absolute Gasteiger partial charge is 0.331 e. The number of carboxylic acids is 1. The van der Waals surface area contributed by atoms with E-state index in [0.717, 1.165) is 11.3 Å². The fourth-order valence-corrected chi connectivity index (χ4v) is 2.32. The van der Waals surface area contributed by atoms with Gasteiger partial charge in [-0.1, -0.05) is 30.7 Å². The number of nitrogens with zero attached hydrogens (tertiary/aromatic N) is 1. The number of halogens is 1. The quantitative estimate of drug-likeness (QED) is 0.897. The summed E-state index contributed by atoms with van der Waals surface area (Å²) in [5.74, 6) is -0.836. The molecular formula is C13H14ClNO2. The largest absolute Gasteiger partial charge is 0.479 e. The van der Waals surface area contributed by atoms with Crippen LogP contribution in [0, 0.1) is 0 Å². The van der Waals surface area contributed by atoms with Crippen molar-refractivity contribution >= 4 is 23.3 Å². The molecule has 17 heavy (non-hydrogen) atoms. The lowest BCUT2D eigenvalue weighted by Gasteiger charge is -2.17. The van der Waals surface area contributed by atoms with Crippen LogP contribution in [-0.4, -0.2) is 22.3 Å². The van der Waals surface area contributed by atoms with Gasteiger partial charge in [0.1, 0.15) is 0 Å². The van der Waals surface area contributed by atoms with Crippen molar-refractivity contribution in [2.24, 2.45) is 4.99 Å². The number of benzene rings is 1. The molecule has 0 spiro atoms. The molecule has 1 aromatic carbocycles. The molecule has 0 saturated heterocycles. The van der Waals surface area contributed by atoms with E-state index in [0.29, 0.717) is 24.3 Å². The van der Waals surface area contributed by atoms with Gasteiger partial charge < -0.3 is 5.11 Å². The molecule has 90 valence electrons. The predicted molar refractivity (Wildman–Crippen MR) is 67.9 cm³/mol. The van der Waals surface area contributed by atoms with Gasteiger partial charge in [0.15, 0.2) is 5.54 Å². The Hall–Kier alpha value is -1.35. The van der Waals surface area contributed by atoms with Gasteiger partial charge in [-0.3, -0.25) is 4.99 Å². The first kappa shape index (κ1) is 12.1. The zero-order chi connectivity index (χ0) is 12.5. The van der Waals surface area contributed by atoms with Crippen molar-refractivity contribution in [3.63, 3.8) is 0 Å². The molecule has 1 aliphatic heterocycles. The molecular weight excluding hydrogens is 238 g/mol. The first-order valence-corrected chi connectivity index (χ1v) is 6.03. The van der Waals surface area contributed by atoms with Crippen molar-refractivity contribution in [3.8, 4) is 0 Å². The Labute approximate surface area is 105 Å². The molecule has 0 aliphatic carbocycles. The van der Waals surface area contributed by atoms with Gasteiger partial charge in [-0.15, -0.1) is 0 Å². The van der Waals surface area contributed by atoms with E-state index in [-0.39, 0.29) is 0 Å². The van der Waals surface area contributed by atoms with Gasteiger partial charge in [0.2, 0.25) is 0 Å². The average molecular weight is 252 g/mol. The van der Waals surface area contributed by atoms with Crippen molar-refractivity contribution in [1.29, 1.82) is 0 Å². The van der Waals surface area contributed by atoms with Crippen LogP contribution in [0.2, 0.25) is 5.02 Å². The highest BCUT2D eigenvalue weighted by Crippen LogP contribution is 2.32. The number of hydrogen-bond donors (Lipinski definition) is 1. The van der Waals surface area contributed by atoms with E-state index < -0.39 is 11.5 Å². The molecule has 0 unspecified atom stereocenters. The van der Waals surface area contributed by atoms with Crippen LogP contribution in [0.5, 0.6) is 0 Å². The normalized spacial score (nSPS) is 23.5. The Morgan fingerprint density at radius 1 is 1.59 bits per heavy atom. The van der Waals surface area contributed by atoms with E-state index in [1.54, 1.807) is 6.07 Å². The molecule has 0 fully saturated rings. The van der Waals surface area contributed by atoms with Gasteiger partial charge in [0, 0.05) is 10.7 Å². The van der Waals surface area contributed by atoms with E-state index in [2.05, 4.69) is 4.99 Å². The van der Waals surface area contributed by atoms with E-state index in [4.69, 9.17) is 11.6 Å². The first-order chi connectivity index (χ1) is 8.07. The molecule has 2 rings (SSSR count). The van der Waals surface area contributed by atoms with Gasteiger partial charge in [-0.2, -0.15) is 0 Å². The van der Waals surface area contributed by atoms with Crippen LogP contribution in [0.3, 0.4) is 0 Å². The molecule has 0 amide bonds. The monoisotopic (exact) mass is 251 g/mol. The minimum Gasteiger partial charge on any atom is -0.479 e. The molecule has 0 saturated carbocycles. The lowest BCUT2D eigenvalue weighted by Crippen LogP contribution is -2.33. The number of aliphatic imine (C=N–C) groups is 1. The zero-order valence-electron chi connectivity index (χ0n) is 9.61. The molecule has 1 N–H and O–H groups in total. The molecule has 3 nitrogen and oxygen atoms in total. The van der Waals surface area contributed by atoms with E-state index in [9.17, 15) is 9.90 Å². The maximum absolute atomic E-state index is 11.3. The third kappa shape index (κ3) is 2.20. The molecule has 4 heteroatoms. The highest BCUT2D eigenvalue weighted by atomic mass is 35.5. The highest BCUT2D eigenvalue weighted by molar-refractivity contribution is 6.31. The minimum atomic E-state index is -0.933. The van der Waals surface area contributed by atoms with Gasteiger partial charge in [0.05, 0.1) is 0 Å². The average Bonchev–Trinajstić information content (AvgIpc) is 2.74. The molecule has 0 bridgehead atoms. The van der Waals surface area contributed by atoms with E-state index in [1.165, 1.54) is 0 Å².